The number of nitrogens with one attached hydrogen (secondary N) is 2. The quantitative estimate of drug-likeness (QED) is 0.734. The molecule has 2 heterocycles. The van der Waals surface area contributed by atoms with Crippen LogP contribution in [0.1, 0.15) is 32.6 Å². The number of hydrogen-bond acceptors (Lipinski definition) is 3. The molecule has 1 aromatic heterocycles. The summed E-state index contributed by atoms with van der Waals surface area (Å²) in [7, 11) is 0. The third-order valence-electron chi connectivity index (χ3n) is 4.87. The van der Waals surface area contributed by atoms with Crippen LogP contribution < -0.4 is 5.32 Å². The molecule has 1 aliphatic heterocycles. The number of aromatic amines is 1. The molecule has 4 nitrogen and oxygen atoms in total. The Labute approximate surface area is 148 Å². The highest BCUT2D eigenvalue weighted by atomic mass is 16.5. The monoisotopic (exact) mass is 335 g/mol. The minimum atomic E-state index is 0.0496. The summed E-state index contributed by atoms with van der Waals surface area (Å²) in [6.45, 7) is 8.24. The number of morpholine rings is 1. The Morgan fingerprint density at radius 2 is 1.88 bits per heavy atom. The number of rotatable bonds is 2. The second kappa shape index (κ2) is 6.28. The van der Waals surface area contributed by atoms with E-state index in [0.29, 0.717) is 0 Å². The average Bonchev–Trinajstić information content (AvgIpc) is 3.10. The Hall–Kier alpha value is -2.17. The van der Waals surface area contributed by atoms with E-state index in [1.807, 2.05) is 6.20 Å². The Morgan fingerprint density at radius 3 is 2.68 bits per heavy atom. The van der Waals surface area contributed by atoms with Crippen molar-refractivity contribution >= 4 is 10.8 Å². The van der Waals surface area contributed by atoms with E-state index in [4.69, 9.17) is 4.74 Å². The van der Waals surface area contributed by atoms with E-state index in [9.17, 15) is 0 Å². The smallest absolute Gasteiger partial charge is 0.126 e. The molecule has 0 saturated carbocycles. The summed E-state index contributed by atoms with van der Waals surface area (Å²) in [5.41, 5.74) is 2.25. The molecule has 2 unspecified atom stereocenters. The first-order valence-corrected chi connectivity index (χ1v) is 8.91. The van der Waals surface area contributed by atoms with Gasteiger partial charge in [-0.2, -0.15) is 0 Å². The van der Waals surface area contributed by atoms with E-state index in [1.165, 1.54) is 10.8 Å². The van der Waals surface area contributed by atoms with Gasteiger partial charge in [0.05, 0.1) is 30.6 Å². The predicted molar refractivity (Wildman–Crippen MR) is 101 cm³/mol. The number of fused-ring (bicyclic) bond motifs is 1. The van der Waals surface area contributed by atoms with Crippen LogP contribution in [0.2, 0.25) is 0 Å². The molecule has 130 valence electrons. The zero-order valence-electron chi connectivity index (χ0n) is 15.0. The lowest BCUT2D eigenvalue weighted by Gasteiger charge is -2.39. The minimum absolute atomic E-state index is 0.0496. The van der Waals surface area contributed by atoms with Gasteiger partial charge in [-0.3, -0.25) is 0 Å². The molecule has 4 rings (SSSR count). The van der Waals surface area contributed by atoms with Crippen LogP contribution in [-0.2, 0) is 4.74 Å². The van der Waals surface area contributed by atoms with Gasteiger partial charge in [-0.1, -0.05) is 57.2 Å². The molecule has 1 saturated heterocycles. The minimum Gasteiger partial charge on any atom is -0.374 e. The molecule has 0 amide bonds. The third kappa shape index (κ3) is 3.20. The molecule has 4 heteroatoms. The number of imidazole rings is 1. The van der Waals surface area contributed by atoms with Crippen molar-refractivity contribution < 1.29 is 4.74 Å². The van der Waals surface area contributed by atoms with Gasteiger partial charge in [-0.15, -0.1) is 0 Å². The van der Waals surface area contributed by atoms with Gasteiger partial charge >= 0.3 is 0 Å². The van der Waals surface area contributed by atoms with Crippen LogP contribution in [0.25, 0.3) is 22.0 Å². The Kier molecular flexibility index (Phi) is 4.10. The van der Waals surface area contributed by atoms with Gasteiger partial charge in [0.25, 0.3) is 0 Å². The second-order valence-corrected chi connectivity index (χ2v) is 7.83. The fourth-order valence-corrected chi connectivity index (χ4v) is 3.59. The standard InChI is InChI=1S/C21H25N3O/c1-21(2,3)19-18(22-10-11-25-19)20-23-13-17(24-20)16-9-8-14-6-4-5-7-15(14)12-16/h4-9,12-13,18-19,22H,10-11H2,1-3H3,(H,23,24). The zero-order chi connectivity index (χ0) is 17.4. The summed E-state index contributed by atoms with van der Waals surface area (Å²) in [5.74, 6) is 0.947. The summed E-state index contributed by atoms with van der Waals surface area (Å²) in [6, 6.07) is 15.0. The van der Waals surface area contributed by atoms with E-state index < -0.39 is 0 Å². The molecule has 25 heavy (non-hydrogen) atoms. The summed E-state index contributed by atoms with van der Waals surface area (Å²) in [6.07, 6.45) is 2.02. The van der Waals surface area contributed by atoms with Crippen molar-refractivity contribution in [3.63, 3.8) is 0 Å². The van der Waals surface area contributed by atoms with E-state index in [-0.39, 0.29) is 17.6 Å². The second-order valence-electron chi connectivity index (χ2n) is 7.83. The molecule has 0 aliphatic carbocycles. The van der Waals surface area contributed by atoms with Crippen molar-refractivity contribution in [1.82, 2.24) is 15.3 Å². The van der Waals surface area contributed by atoms with Crippen molar-refractivity contribution in [1.29, 1.82) is 0 Å². The van der Waals surface area contributed by atoms with Crippen LogP contribution in [0.4, 0.5) is 0 Å². The molecule has 1 fully saturated rings. The third-order valence-corrected chi connectivity index (χ3v) is 4.87. The van der Waals surface area contributed by atoms with Crippen molar-refractivity contribution in [3.05, 3.63) is 54.5 Å². The highest BCUT2D eigenvalue weighted by molar-refractivity contribution is 5.86. The largest absolute Gasteiger partial charge is 0.374 e. The topological polar surface area (TPSA) is 49.9 Å². The van der Waals surface area contributed by atoms with E-state index in [2.05, 4.69) is 78.5 Å². The van der Waals surface area contributed by atoms with Gasteiger partial charge < -0.3 is 15.0 Å². The first-order chi connectivity index (χ1) is 12.0. The van der Waals surface area contributed by atoms with Gasteiger partial charge in [0, 0.05) is 12.1 Å². The molecule has 2 aromatic carbocycles. The molecule has 0 bridgehead atoms. The molecule has 2 atom stereocenters. The van der Waals surface area contributed by atoms with Gasteiger partial charge in [-0.25, -0.2) is 4.98 Å². The summed E-state index contributed by atoms with van der Waals surface area (Å²) < 4.78 is 6.06. The zero-order valence-corrected chi connectivity index (χ0v) is 15.0. The Balaban J connectivity index is 1.66. The average molecular weight is 335 g/mol. The first kappa shape index (κ1) is 16.3. The van der Waals surface area contributed by atoms with Crippen LogP contribution in [0, 0.1) is 5.41 Å². The highest BCUT2D eigenvalue weighted by Crippen LogP contribution is 2.34. The van der Waals surface area contributed by atoms with Crippen LogP contribution in [0.3, 0.4) is 0 Å². The number of aromatic nitrogens is 2. The number of ether oxygens (including phenoxy) is 1. The molecular weight excluding hydrogens is 310 g/mol. The molecule has 0 spiro atoms. The fraction of sp³-hybridized carbons (Fsp3) is 0.381. The van der Waals surface area contributed by atoms with Crippen molar-refractivity contribution in [2.24, 2.45) is 5.41 Å². The van der Waals surface area contributed by atoms with Crippen LogP contribution in [0.5, 0.6) is 0 Å². The normalized spacial score (nSPS) is 21.6. The number of hydrogen-bond donors (Lipinski definition) is 2. The maximum Gasteiger partial charge on any atom is 0.126 e. The molecule has 0 radical (unpaired) electrons. The molecule has 1 aliphatic rings. The van der Waals surface area contributed by atoms with Gasteiger partial charge in [-0.05, 0) is 22.3 Å². The summed E-state index contributed by atoms with van der Waals surface area (Å²) in [5, 5.41) is 6.06. The van der Waals surface area contributed by atoms with Gasteiger partial charge in [0.15, 0.2) is 0 Å². The van der Waals surface area contributed by atoms with Gasteiger partial charge in [0.1, 0.15) is 5.82 Å². The number of benzene rings is 2. The lowest BCUT2D eigenvalue weighted by Crippen LogP contribution is -2.48. The predicted octanol–water partition coefficient (Wildman–Crippen LogP) is 4.31. The van der Waals surface area contributed by atoms with Crippen LogP contribution in [-0.4, -0.2) is 29.2 Å². The van der Waals surface area contributed by atoms with Crippen LogP contribution >= 0.6 is 0 Å². The summed E-state index contributed by atoms with van der Waals surface area (Å²) >= 11 is 0. The first-order valence-electron chi connectivity index (χ1n) is 8.91. The van der Waals surface area contributed by atoms with E-state index in [0.717, 1.165) is 30.2 Å². The van der Waals surface area contributed by atoms with Crippen molar-refractivity contribution in [2.75, 3.05) is 13.2 Å². The lowest BCUT2D eigenvalue weighted by molar-refractivity contribution is -0.0679. The number of H-pyrrole nitrogens is 1. The van der Waals surface area contributed by atoms with Crippen molar-refractivity contribution in [2.45, 2.75) is 32.9 Å². The maximum absolute atomic E-state index is 6.06. The van der Waals surface area contributed by atoms with Crippen molar-refractivity contribution in [3.8, 4) is 11.3 Å². The molecule has 2 N–H and O–H groups in total. The number of nitrogens with zero attached hydrogens (tertiary/aromatic N) is 1. The fourth-order valence-electron chi connectivity index (χ4n) is 3.59. The summed E-state index contributed by atoms with van der Waals surface area (Å²) in [4.78, 5) is 8.17. The SMILES string of the molecule is CC(C)(C)C1OCCNC1c1ncc(-c2ccc3ccccc3c2)[nH]1. The van der Waals surface area contributed by atoms with E-state index >= 15 is 0 Å². The Bertz CT molecular complexity index is 878. The Morgan fingerprint density at radius 1 is 1.08 bits per heavy atom. The van der Waals surface area contributed by atoms with Gasteiger partial charge in [0.2, 0.25) is 0 Å². The molecular formula is C21H25N3O. The van der Waals surface area contributed by atoms with Crippen LogP contribution in [0.15, 0.2) is 48.7 Å². The maximum atomic E-state index is 6.06. The highest BCUT2D eigenvalue weighted by Gasteiger charge is 2.37. The van der Waals surface area contributed by atoms with E-state index in [1.54, 1.807) is 0 Å². The lowest BCUT2D eigenvalue weighted by atomic mass is 9.83. The molecule has 3 aromatic rings.